The Labute approximate surface area is 128 Å². The third kappa shape index (κ3) is 2.66. The summed E-state index contributed by atoms with van der Waals surface area (Å²) in [6.45, 7) is 4.36. The van der Waals surface area contributed by atoms with Crippen LogP contribution in [-0.2, 0) is 11.2 Å². The van der Waals surface area contributed by atoms with Crippen LogP contribution in [0.1, 0.15) is 53.0 Å². The molecule has 20 heavy (non-hydrogen) atoms. The smallest absolute Gasteiger partial charge is 0.260 e. The van der Waals surface area contributed by atoms with E-state index >= 15 is 0 Å². The molecule has 0 saturated carbocycles. The summed E-state index contributed by atoms with van der Waals surface area (Å²) in [6, 6.07) is 5.89. The number of fused-ring (bicyclic) bond motifs is 1. The van der Waals surface area contributed by atoms with E-state index in [1.54, 1.807) is 7.05 Å². The number of imide groups is 1. The second-order valence-corrected chi connectivity index (χ2v) is 6.32. The molecule has 1 aliphatic heterocycles. The minimum atomic E-state index is -0.192. The van der Waals surface area contributed by atoms with Crippen LogP contribution in [0.25, 0.3) is 0 Å². The minimum absolute atomic E-state index is 0.134. The average Bonchev–Trinajstić information content (AvgIpc) is 2.46. The largest absolute Gasteiger partial charge is 0.281 e. The summed E-state index contributed by atoms with van der Waals surface area (Å²) in [7, 11) is 1.55. The zero-order valence-electron chi connectivity index (χ0n) is 12.1. The molecule has 0 N–H and O–H groups in total. The molecular weight excluding hydrogens is 318 g/mol. The van der Waals surface area contributed by atoms with E-state index in [-0.39, 0.29) is 16.6 Å². The summed E-state index contributed by atoms with van der Waals surface area (Å²) in [6.07, 6.45) is 2.50. The highest BCUT2D eigenvalue weighted by molar-refractivity contribution is 9.09. The van der Waals surface area contributed by atoms with Crippen molar-refractivity contribution in [3.8, 4) is 0 Å². The molecule has 4 heteroatoms. The van der Waals surface area contributed by atoms with Crippen molar-refractivity contribution in [2.24, 2.45) is 5.92 Å². The van der Waals surface area contributed by atoms with Crippen LogP contribution in [0.5, 0.6) is 0 Å². The lowest BCUT2D eigenvalue weighted by molar-refractivity contribution is -0.127. The summed E-state index contributed by atoms with van der Waals surface area (Å²) in [5, 5.41) is 0. The van der Waals surface area contributed by atoms with E-state index in [1.165, 1.54) is 4.90 Å². The van der Waals surface area contributed by atoms with Crippen molar-refractivity contribution >= 4 is 27.7 Å². The number of carbonyl (C=O) groups is 2. The standard InChI is InChI=1S/C16H20BrNO2/c1-4-10(5-2)15(17)12-7-6-11-9-14(19)18(3)16(20)13(11)8-12/h6-8,10,15H,4-5,9H2,1-3H3. The van der Waals surface area contributed by atoms with Crippen LogP contribution >= 0.6 is 15.9 Å². The highest BCUT2D eigenvalue weighted by Crippen LogP contribution is 2.36. The number of halogens is 1. The Morgan fingerprint density at radius 3 is 2.50 bits per heavy atom. The van der Waals surface area contributed by atoms with Crippen molar-refractivity contribution in [2.75, 3.05) is 7.05 Å². The van der Waals surface area contributed by atoms with Gasteiger partial charge in [-0.05, 0) is 23.1 Å². The predicted octanol–water partition coefficient (Wildman–Crippen LogP) is 3.71. The first-order valence-electron chi connectivity index (χ1n) is 7.07. The van der Waals surface area contributed by atoms with Gasteiger partial charge >= 0.3 is 0 Å². The zero-order valence-corrected chi connectivity index (χ0v) is 13.7. The number of hydrogen-bond acceptors (Lipinski definition) is 2. The molecule has 3 nitrogen and oxygen atoms in total. The Hall–Kier alpha value is -1.16. The van der Waals surface area contributed by atoms with Crippen LogP contribution in [0.2, 0.25) is 0 Å². The summed E-state index contributed by atoms with van der Waals surface area (Å²) in [5.41, 5.74) is 2.62. The predicted molar refractivity (Wildman–Crippen MR) is 83.0 cm³/mol. The van der Waals surface area contributed by atoms with Crippen molar-refractivity contribution in [3.63, 3.8) is 0 Å². The van der Waals surface area contributed by atoms with Gasteiger partial charge in [0.25, 0.3) is 5.91 Å². The summed E-state index contributed by atoms with van der Waals surface area (Å²) >= 11 is 3.76. The van der Waals surface area contributed by atoms with Gasteiger partial charge in [0.05, 0.1) is 6.42 Å². The molecule has 1 aliphatic rings. The summed E-state index contributed by atoms with van der Waals surface area (Å²) < 4.78 is 0. The lowest BCUT2D eigenvalue weighted by Crippen LogP contribution is -2.39. The Balaban J connectivity index is 2.37. The molecular formula is C16H20BrNO2. The maximum absolute atomic E-state index is 12.2. The Morgan fingerprint density at radius 1 is 1.25 bits per heavy atom. The number of alkyl halides is 1. The van der Waals surface area contributed by atoms with Crippen LogP contribution in [0.4, 0.5) is 0 Å². The lowest BCUT2D eigenvalue weighted by Gasteiger charge is -2.25. The van der Waals surface area contributed by atoms with Gasteiger partial charge in [-0.25, -0.2) is 0 Å². The Bertz CT molecular complexity index is 537. The van der Waals surface area contributed by atoms with Crippen molar-refractivity contribution in [3.05, 3.63) is 34.9 Å². The Morgan fingerprint density at radius 2 is 1.90 bits per heavy atom. The second kappa shape index (κ2) is 6.08. The number of hydrogen-bond donors (Lipinski definition) is 0. The molecule has 1 atom stereocenters. The molecule has 0 radical (unpaired) electrons. The first kappa shape index (κ1) is 15.2. The van der Waals surface area contributed by atoms with Gasteiger partial charge in [0.2, 0.25) is 5.91 Å². The highest BCUT2D eigenvalue weighted by Gasteiger charge is 2.29. The minimum Gasteiger partial charge on any atom is -0.281 e. The van der Waals surface area contributed by atoms with Crippen molar-refractivity contribution in [1.29, 1.82) is 0 Å². The zero-order chi connectivity index (χ0) is 14.9. The van der Waals surface area contributed by atoms with Crippen LogP contribution in [0.3, 0.4) is 0 Å². The molecule has 0 bridgehead atoms. The molecule has 2 amide bonds. The van der Waals surface area contributed by atoms with E-state index in [9.17, 15) is 9.59 Å². The number of rotatable bonds is 4. The van der Waals surface area contributed by atoms with Gasteiger partial charge in [-0.1, -0.05) is 54.8 Å². The summed E-state index contributed by atoms with van der Waals surface area (Å²) in [4.78, 5) is 25.3. The number of likely N-dealkylation sites (N-methyl/N-ethyl adjacent to an activating group) is 1. The number of carbonyl (C=O) groups excluding carboxylic acids is 2. The van der Waals surface area contributed by atoms with E-state index in [1.807, 2.05) is 18.2 Å². The molecule has 0 aliphatic carbocycles. The van der Waals surface area contributed by atoms with Crippen LogP contribution in [0.15, 0.2) is 18.2 Å². The van der Waals surface area contributed by atoms with Gasteiger partial charge in [-0.3, -0.25) is 14.5 Å². The van der Waals surface area contributed by atoms with Crippen molar-refractivity contribution < 1.29 is 9.59 Å². The molecule has 1 aromatic carbocycles. The van der Waals surface area contributed by atoms with E-state index in [0.717, 1.165) is 24.0 Å². The van der Waals surface area contributed by atoms with E-state index in [0.29, 0.717) is 17.9 Å². The molecule has 0 fully saturated rings. The maximum Gasteiger partial charge on any atom is 0.260 e. The van der Waals surface area contributed by atoms with Crippen LogP contribution in [0, 0.1) is 5.92 Å². The van der Waals surface area contributed by atoms with Gasteiger partial charge in [0, 0.05) is 17.4 Å². The van der Waals surface area contributed by atoms with Gasteiger partial charge in [-0.2, -0.15) is 0 Å². The fraction of sp³-hybridized carbons (Fsp3) is 0.500. The third-order valence-corrected chi connectivity index (χ3v) is 5.44. The molecule has 1 heterocycles. The van der Waals surface area contributed by atoms with Gasteiger partial charge in [0.15, 0.2) is 0 Å². The normalized spacial score (nSPS) is 16.6. The van der Waals surface area contributed by atoms with E-state index < -0.39 is 0 Å². The Kier molecular flexibility index (Phi) is 4.63. The molecule has 1 aromatic rings. The fourth-order valence-corrected chi connectivity index (χ4v) is 3.70. The number of amides is 2. The highest BCUT2D eigenvalue weighted by atomic mass is 79.9. The second-order valence-electron chi connectivity index (χ2n) is 5.33. The molecule has 1 unspecified atom stereocenters. The van der Waals surface area contributed by atoms with Crippen LogP contribution < -0.4 is 0 Å². The van der Waals surface area contributed by atoms with Crippen molar-refractivity contribution in [2.45, 2.75) is 37.9 Å². The molecule has 2 rings (SSSR count). The molecule has 0 saturated heterocycles. The first-order chi connectivity index (χ1) is 9.49. The van der Waals surface area contributed by atoms with E-state index in [2.05, 4.69) is 29.8 Å². The average molecular weight is 338 g/mol. The monoisotopic (exact) mass is 337 g/mol. The van der Waals surface area contributed by atoms with Crippen LogP contribution in [-0.4, -0.2) is 23.8 Å². The molecule has 0 aromatic heterocycles. The fourth-order valence-electron chi connectivity index (χ4n) is 2.67. The first-order valence-corrected chi connectivity index (χ1v) is 7.98. The van der Waals surface area contributed by atoms with Gasteiger partial charge in [0.1, 0.15) is 0 Å². The van der Waals surface area contributed by atoms with Gasteiger partial charge in [-0.15, -0.1) is 0 Å². The lowest BCUT2D eigenvalue weighted by atomic mass is 9.90. The molecule has 108 valence electrons. The van der Waals surface area contributed by atoms with Crippen molar-refractivity contribution in [1.82, 2.24) is 4.90 Å². The number of nitrogens with zero attached hydrogens (tertiary/aromatic N) is 1. The van der Waals surface area contributed by atoms with Gasteiger partial charge < -0.3 is 0 Å². The molecule has 0 spiro atoms. The SMILES string of the molecule is CCC(CC)C(Br)c1ccc2c(c1)C(=O)N(C)C(=O)C2. The summed E-state index contributed by atoms with van der Waals surface area (Å²) in [5.74, 6) is 0.221. The maximum atomic E-state index is 12.2. The van der Waals surface area contributed by atoms with E-state index in [4.69, 9.17) is 0 Å². The quantitative estimate of drug-likeness (QED) is 0.620. The topological polar surface area (TPSA) is 37.4 Å². The third-order valence-electron chi connectivity index (χ3n) is 4.17. The number of benzene rings is 1.